The number of hydrogen-bond donors (Lipinski definition) is 2. The molecule has 0 amide bonds. The molecule has 2 N–H and O–H groups in total. The highest BCUT2D eigenvalue weighted by Crippen LogP contribution is 2.40. The summed E-state index contributed by atoms with van der Waals surface area (Å²) in [6.07, 6.45) is 5.50. The minimum atomic E-state index is -0.211. The molecule has 28 heavy (non-hydrogen) atoms. The van der Waals surface area contributed by atoms with E-state index in [1.54, 1.807) is 0 Å². The third-order valence-corrected chi connectivity index (χ3v) is 6.67. The first-order valence-corrected chi connectivity index (χ1v) is 10.5. The van der Waals surface area contributed by atoms with Crippen molar-refractivity contribution in [1.82, 2.24) is 25.8 Å². The molecule has 150 valence electrons. The number of aromatic nitrogens is 3. The summed E-state index contributed by atoms with van der Waals surface area (Å²) in [5.41, 5.74) is 9.88. The summed E-state index contributed by atoms with van der Waals surface area (Å²) in [6.45, 7) is 3.52. The molecular weight excluding hydrogens is 357 g/mol. The van der Waals surface area contributed by atoms with Gasteiger partial charge in [-0.25, -0.2) is 9.07 Å². The lowest BCUT2D eigenvalue weighted by atomic mass is 9.77. The fourth-order valence-corrected chi connectivity index (χ4v) is 5.06. The monoisotopic (exact) mass is 385 g/mol. The standard InChI is InChI=1S/C21H28FN5O/c22-18-4-1-15(2-5-18)21-20(16-3-6-19-17(11-16)12-23-24-19)25-26-27(21)13-14-7-9-28-10-8-14/h1-2,4-5,14,16-17,19,23-24H,3,6-13H2. The zero-order valence-electron chi connectivity index (χ0n) is 16.1. The van der Waals surface area contributed by atoms with Crippen molar-refractivity contribution in [3.8, 4) is 11.3 Å². The van der Waals surface area contributed by atoms with Crippen LogP contribution in [-0.4, -0.2) is 40.8 Å². The lowest BCUT2D eigenvalue weighted by molar-refractivity contribution is 0.0601. The largest absolute Gasteiger partial charge is 0.381 e. The maximum absolute atomic E-state index is 13.5. The molecule has 1 aromatic carbocycles. The molecule has 2 saturated heterocycles. The van der Waals surface area contributed by atoms with E-state index < -0.39 is 0 Å². The Morgan fingerprint density at radius 2 is 1.93 bits per heavy atom. The molecule has 3 heterocycles. The van der Waals surface area contributed by atoms with Crippen molar-refractivity contribution in [2.45, 2.75) is 50.6 Å². The Labute approximate surface area is 164 Å². The van der Waals surface area contributed by atoms with E-state index in [0.29, 0.717) is 23.8 Å². The summed E-state index contributed by atoms with van der Waals surface area (Å²) in [7, 11) is 0. The molecule has 1 aliphatic carbocycles. The van der Waals surface area contributed by atoms with Crippen LogP contribution in [0.3, 0.4) is 0 Å². The van der Waals surface area contributed by atoms with Crippen molar-refractivity contribution in [2.75, 3.05) is 19.8 Å². The van der Waals surface area contributed by atoms with E-state index >= 15 is 0 Å². The minimum absolute atomic E-state index is 0.211. The Morgan fingerprint density at radius 3 is 2.75 bits per heavy atom. The van der Waals surface area contributed by atoms with Crippen molar-refractivity contribution in [2.24, 2.45) is 11.8 Å². The van der Waals surface area contributed by atoms with Gasteiger partial charge in [-0.2, -0.15) is 0 Å². The first-order valence-electron chi connectivity index (χ1n) is 10.5. The number of halogens is 1. The highest BCUT2D eigenvalue weighted by Gasteiger charge is 2.37. The molecule has 1 saturated carbocycles. The Bertz CT molecular complexity index is 802. The Kier molecular flexibility index (Phi) is 5.13. The van der Waals surface area contributed by atoms with Crippen LogP contribution in [0.5, 0.6) is 0 Å². The van der Waals surface area contributed by atoms with Gasteiger partial charge < -0.3 is 4.74 Å². The van der Waals surface area contributed by atoms with Crippen LogP contribution < -0.4 is 10.9 Å². The average Bonchev–Trinajstić information content (AvgIpc) is 3.36. The second-order valence-corrected chi connectivity index (χ2v) is 8.47. The van der Waals surface area contributed by atoms with Gasteiger partial charge in [-0.3, -0.25) is 10.9 Å². The second kappa shape index (κ2) is 7.89. The van der Waals surface area contributed by atoms with Gasteiger partial charge in [0.15, 0.2) is 0 Å². The van der Waals surface area contributed by atoms with E-state index in [9.17, 15) is 4.39 Å². The van der Waals surface area contributed by atoms with Crippen LogP contribution in [0.2, 0.25) is 0 Å². The van der Waals surface area contributed by atoms with Crippen LogP contribution in [0.1, 0.15) is 43.7 Å². The van der Waals surface area contributed by atoms with Gasteiger partial charge in [-0.05, 0) is 68.2 Å². The SMILES string of the molecule is Fc1ccc(-c2c(C3CCC4NNCC4C3)nnn2CC2CCOCC2)cc1. The second-order valence-electron chi connectivity index (χ2n) is 8.47. The topological polar surface area (TPSA) is 64.0 Å². The predicted octanol–water partition coefficient (Wildman–Crippen LogP) is 2.87. The van der Waals surface area contributed by atoms with Crippen LogP contribution >= 0.6 is 0 Å². The van der Waals surface area contributed by atoms with Crippen LogP contribution in [0, 0.1) is 17.7 Å². The van der Waals surface area contributed by atoms with Crippen molar-refractivity contribution < 1.29 is 9.13 Å². The van der Waals surface area contributed by atoms with Gasteiger partial charge in [0, 0.05) is 43.8 Å². The molecule has 7 heteroatoms. The number of hydrogen-bond acceptors (Lipinski definition) is 5. The third kappa shape index (κ3) is 3.58. The zero-order valence-corrected chi connectivity index (χ0v) is 16.1. The maximum atomic E-state index is 13.5. The molecular formula is C21H28FN5O. The number of nitrogens with one attached hydrogen (secondary N) is 2. The first kappa shape index (κ1) is 18.2. The van der Waals surface area contributed by atoms with E-state index in [-0.39, 0.29) is 5.82 Å². The summed E-state index contributed by atoms with van der Waals surface area (Å²) in [4.78, 5) is 0. The van der Waals surface area contributed by atoms with Gasteiger partial charge in [-0.1, -0.05) is 5.21 Å². The predicted molar refractivity (Wildman–Crippen MR) is 104 cm³/mol. The smallest absolute Gasteiger partial charge is 0.123 e. The van der Waals surface area contributed by atoms with Gasteiger partial charge >= 0.3 is 0 Å². The molecule has 0 bridgehead atoms. The van der Waals surface area contributed by atoms with Crippen molar-refractivity contribution in [3.63, 3.8) is 0 Å². The highest BCUT2D eigenvalue weighted by atomic mass is 19.1. The van der Waals surface area contributed by atoms with Crippen molar-refractivity contribution in [3.05, 3.63) is 35.8 Å². The molecule has 0 radical (unpaired) electrons. The van der Waals surface area contributed by atoms with E-state index in [4.69, 9.17) is 4.74 Å². The first-order chi connectivity index (χ1) is 13.8. The molecule has 2 aliphatic heterocycles. The van der Waals surface area contributed by atoms with Crippen LogP contribution in [-0.2, 0) is 11.3 Å². The number of benzene rings is 1. The number of hydrazine groups is 1. The number of fused-ring (bicyclic) bond motifs is 1. The van der Waals surface area contributed by atoms with Gasteiger partial charge in [-0.15, -0.1) is 5.10 Å². The molecule has 2 aromatic rings. The van der Waals surface area contributed by atoms with Gasteiger partial charge in [0.2, 0.25) is 0 Å². The van der Waals surface area contributed by atoms with Gasteiger partial charge in [0.1, 0.15) is 5.82 Å². The molecule has 0 spiro atoms. The molecule has 6 nitrogen and oxygen atoms in total. The molecule has 3 atom stereocenters. The molecule has 5 rings (SSSR count). The number of nitrogens with zero attached hydrogens (tertiary/aromatic N) is 3. The molecule has 1 aromatic heterocycles. The molecule has 3 unspecified atom stereocenters. The highest BCUT2D eigenvalue weighted by molar-refractivity contribution is 5.62. The molecule has 3 aliphatic rings. The average molecular weight is 385 g/mol. The van der Waals surface area contributed by atoms with E-state index in [0.717, 1.165) is 75.4 Å². The quantitative estimate of drug-likeness (QED) is 0.847. The summed E-state index contributed by atoms with van der Waals surface area (Å²) < 4.78 is 21.1. The van der Waals surface area contributed by atoms with Crippen molar-refractivity contribution >= 4 is 0 Å². The van der Waals surface area contributed by atoms with Crippen LogP contribution in [0.25, 0.3) is 11.3 Å². The lowest BCUT2D eigenvalue weighted by Crippen LogP contribution is -2.34. The zero-order chi connectivity index (χ0) is 18.9. The van der Waals surface area contributed by atoms with Crippen LogP contribution in [0.4, 0.5) is 4.39 Å². The Balaban J connectivity index is 1.46. The summed E-state index contributed by atoms with van der Waals surface area (Å²) in [5, 5.41) is 9.24. The molecule has 3 fully saturated rings. The van der Waals surface area contributed by atoms with Gasteiger partial charge in [0.25, 0.3) is 0 Å². The van der Waals surface area contributed by atoms with Crippen molar-refractivity contribution in [1.29, 1.82) is 0 Å². The fraction of sp³-hybridized carbons (Fsp3) is 0.619. The van der Waals surface area contributed by atoms with E-state index in [1.165, 1.54) is 12.1 Å². The lowest BCUT2D eigenvalue weighted by Gasteiger charge is -2.30. The third-order valence-electron chi connectivity index (χ3n) is 6.67. The summed E-state index contributed by atoms with van der Waals surface area (Å²) >= 11 is 0. The number of ether oxygens (including phenoxy) is 1. The van der Waals surface area contributed by atoms with Crippen LogP contribution in [0.15, 0.2) is 24.3 Å². The summed E-state index contributed by atoms with van der Waals surface area (Å²) in [5.74, 6) is 1.39. The normalized spacial score (nSPS) is 28.4. The Morgan fingerprint density at radius 1 is 1.11 bits per heavy atom. The van der Waals surface area contributed by atoms with E-state index in [1.807, 2.05) is 12.1 Å². The van der Waals surface area contributed by atoms with E-state index in [2.05, 4.69) is 25.8 Å². The summed E-state index contributed by atoms with van der Waals surface area (Å²) in [6, 6.07) is 7.37. The van der Waals surface area contributed by atoms with Gasteiger partial charge in [0.05, 0.1) is 11.4 Å². The number of rotatable bonds is 4. The minimum Gasteiger partial charge on any atom is -0.381 e. The fourth-order valence-electron chi connectivity index (χ4n) is 5.06. The Hall–Kier alpha value is -1.83. The maximum Gasteiger partial charge on any atom is 0.123 e.